The van der Waals surface area contributed by atoms with Crippen LogP contribution in [0.5, 0.6) is 0 Å². The van der Waals surface area contributed by atoms with Gasteiger partial charge in [-0.05, 0) is 43.0 Å². The minimum absolute atomic E-state index is 0.285. The second-order valence-corrected chi connectivity index (χ2v) is 6.95. The molecule has 0 amide bonds. The van der Waals surface area contributed by atoms with Crippen LogP contribution in [0.25, 0.3) is 5.65 Å². The van der Waals surface area contributed by atoms with E-state index in [0.29, 0.717) is 42.3 Å². The first-order chi connectivity index (χ1) is 13.4. The Bertz CT molecular complexity index is 987. The topological polar surface area (TPSA) is 72.2 Å². The van der Waals surface area contributed by atoms with Crippen molar-refractivity contribution < 1.29 is 18.0 Å². The molecule has 1 saturated carbocycles. The third kappa shape index (κ3) is 3.97. The van der Waals surface area contributed by atoms with Crippen LogP contribution < -0.4 is 5.32 Å². The molecular weight excluding hydrogens is 371 g/mol. The molecule has 1 fully saturated rings. The van der Waals surface area contributed by atoms with Gasteiger partial charge in [0.25, 0.3) is 0 Å². The highest BCUT2D eigenvalue weighted by molar-refractivity contribution is 5.79. The Labute approximate surface area is 158 Å². The molecule has 1 aromatic carbocycles. The summed E-state index contributed by atoms with van der Waals surface area (Å²) in [6.45, 7) is 0. The fourth-order valence-corrected chi connectivity index (χ4v) is 3.39. The van der Waals surface area contributed by atoms with Gasteiger partial charge in [-0.3, -0.25) is 4.79 Å². The fourth-order valence-electron chi connectivity index (χ4n) is 3.39. The van der Waals surface area contributed by atoms with Crippen molar-refractivity contribution in [3.63, 3.8) is 0 Å². The number of Topliss-reactive ketones (excluding diaryl/α,β-unsaturated/α-hetero) is 1. The summed E-state index contributed by atoms with van der Waals surface area (Å²) in [5, 5.41) is 7.33. The number of hydrogen-bond acceptors (Lipinski definition) is 5. The molecule has 0 atom stereocenters. The van der Waals surface area contributed by atoms with Gasteiger partial charge in [0.05, 0.1) is 5.56 Å². The van der Waals surface area contributed by atoms with Gasteiger partial charge < -0.3 is 5.32 Å². The number of ketones is 1. The van der Waals surface area contributed by atoms with Gasteiger partial charge in [-0.25, -0.2) is 4.98 Å². The fraction of sp³-hybridized carbons (Fsp3) is 0.368. The van der Waals surface area contributed by atoms with Gasteiger partial charge in [-0.1, -0.05) is 0 Å². The Hall–Kier alpha value is -2.97. The predicted molar refractivity (Wildman–Crippen MR) is 96.2 cm³/mol. The number of fused-ring (bicyclic) bond motifs is 1. The van der Waals surface area contributed by atoms with E-state index in [9.17, 15) is 18.0 Å². The highest BCUT2D eigenvalue weighted by Gasteiger charge is 2.30. The van der Waals surface area contributed by atoms with Crippen LogP contribution >= 0.6 is 0 Å². The van der Waals surface area contributed by atoms with Gasteiger partial charge in [-0.2, -0.15) is 22.7 Å². The van der Waals surface area contributed by atoms with E-state index in [4.69, 9.17) is 0 Å². The van der Waals surface area contributed by atoms with Crippen LogP contribution in [0.2, 0.25) is 0 Å². The smallest absolute Gasteiger partial charge is 0.323 e. The summed E-state index contributed by atoms with van der Waals surface area (Å²) in [6, 6.07) is 6.42. The summed E-state index contributed by atoms with van der Waals surface area (Å²) < 4.78 is 39.7. The number of nitrogens with one attached hydrogen (secondary N) is 1. The summed E-state index contributed by atoms with van der Waals surface area (Å²) in [5.41, 5.74) is 0.356. The maximum Gasteiger partial charge on any atom is 0.416 e. The van der Waals surface area contributed by atoms with Crippen molar-refractivity contribution in [1.82, 2.24) is 19.6 Å². The number of nitrogens with zero attached hydrogens (tertiary/aromatic N) is 4. The molecule has 1 aliphatic rings. The molecule has 0 spiro atoms. The Morgan fingerprint density at radius 3 is 2.50 bits per heavy atom. The van der Waals surface area contributed by atoms with E-state index >= 15 is 0 Å². The van der Waals surface area contributed by atoms with Crippen LogP contribution in [0, 0.1) is 5.92 Å². The first kappa shape index (κ1) is 18.4. The van der Waals surface area contributed by atoms with Crippen molar-refractivity contribution in [2.24, 2.45) is 5.92 Å². The Balaban J connectivity index is 1.52. The van der Waals surface area contributed by atoms with E-state index in [0.717, 1.165) is 30.8 Å². The number of carbonyl (C=O) groups excluding carboxylic acids is 1. The maximum atomic E-state index is 12.7. The summed E-state index contributed by atoms with van der Waals surface area (Å²) in [4.78, 5) is 20.2. The van der Waals surface area contributed by atoms with Gasteiger partial charge in [-0.15, -0.1) is 5.10 Å². The van der Waals surface area contributed by atoms with Crippen molar-refractivity contribution >= 4 is 23.1 Å². The van der Waals surface area contributed by atoms with Crippen molar-refractivity contribution in [1.29, 1.82) is 0 Å². The standard InChI is InChI=1S/C19H18F3N5O/c20-19(21,22)13-3-5-14(6-4-13)24-18-25-16-9-10-23-17(27(16)26-18)11-12-1-7-15(28)8-2-12/h3-6,9-10,12H,1-2,7-8,11H2,(H,24,26). The molecule has 0 bridgehead atoms. The molecule has 0 radical (unpaired) electrons. The molecule has 3 aromatic rings. The third-order valence-corrected chi connectivity index (χ3v) is 4.93. The lowest BCUT2D eigenvalue weighted by molar-refractivity contribution is -0.137. The van der Waals surface area contributed by atoms with E-state index in [2.05, 4.69) is 20.4 Å². The maximum absolute atomic E-state index is 12.7. The van der Waals surface area contributed by atoms with Crippen LogP contribution in [-0.4, -0.2) is 25.4 Å². The lowest BCUT2D eigenvalue weighted by Crippen LogP contribution is -2.18. The van der Waals surface area contributed by atoms with E-state index < -0.39 is 11.7 Å². The molecule has 0 aliphatic heterocycles. The molecule has 9 heteroatoms. The third-order valence-electron chi connectivity index (χ3n) is 4.93. The van der Waals surface area contributed by atoms with E-state index in [1.807, 2.05) is 0 Å². The zero-order valence-corrected chi connectivity index (χ0v) is 14.9. The average molecular weight is 389 g/mol. The number of alkyl halides is 3. The van der Waals surface area contributed by atoms with E-state index in [-0.39, 0.29) is 5.95 Å². The van der Waals surface area contributed by atoms with Crippen molar-refractivity contribution in [3.8, 4) is 0 Å². The highest BCUT2D eigenvalue weighted by atomic mass is 19.4. The van der Waals surface area contributed by atoms with Gasteiger partial charge >= 0.3 is 6.18 Å². The number of halogens is 3. The molecule has 146 valence electrons. The van der Waals surface area contributed by atoms with Gasteiger partial charge in [0.15, 0.2) is 5.65 Å². The van der Waals surface area contributed by atoms with E-state index in [1.165, 1.54) is 12.1 Å². The second-order valence-electron chi connectivity index (χ2n) is 6.95. The minimum Gasteiger partial charge on any atom is -0.323 e. The number of aromatic nitrogens is 4. The monoisotopic (exact) mass is 389 g/mol. The number of rotatable bonds is 4. The summed E-state index contributed by atoms with van der Waals surface area (Å²) in [7, 11) is 0. The minimum atomic E-state index is -4.37. The van der Waals surface area contributed by atoms with E-state index in [1.54, 1.807) is 16.8 Å². The molecule has 1 aliphatic carbocycles. The molecular formula is C19H18F3N5O. The van der Waals surface area contributed by atoms with Crippen LogP contribution in [-0.2, 0) is 17.4 Å². The first-order valence-corrected chi connectivity index (χ1v) is 9.05. The van der Waals surface area contributed by atoms with Gasteiger partial charge in [0.1, 0.15) is 11.6 Å². The zero-order chi connectivity index (χ0) is 19.7. The lowest BCUT2D eigenvalue weighted by Gasteiger charge is -2.20. The number of hydrogen-bond donors (Lipinski definition) is 1. The largest absolute Gasteiger partial charge is 0.416 e. The van der Waals surface area contributed by atoms with Gasteiger partial charge in [0, 0.05) is 37.2 Å². The quantitative estimate of drug-likeness (QED) is 0.725. The summed E-state index contributed by atoms with van der Waals surface area (Å²) in [5.74, 6) is 1.73. The average Bonchev–Trinajstić information content (AvgIpc) is 3.07. The molecule has 0 saturated heterocycles. The zero-order valence-electron chi connectivity index (χ0n) is 14.9. The molecule has 1 N–H and O–H groups in total. The van der Waals surface area contributed by atoms with Crippen molar-refractivity contribution in [2.75, 3.05) is 5.32 Å². The van der Waals surface area contributed by atoms with Crippen molar-refractivity contribution in [3.05, 3.63) is 47.9 Å². The highest BCUT2D eigenvalue weighted by Crippen LogP contribution is 2.30. The molecule has 28 heavy (non-hydrogen) atoms. The number of anilines is 2. The molecule has 2 aromatic heterocycles. The Kier molecular flexibility index (Phi) is 4.74. The summed E-state index contributed by atoms with van der Waals surface area (Å²) in [6.07, 6.45) is 0.912. The molecule has 6 nitrogen and oxygen atoms in total. The number of benzene rings is 1. The molecule has 4 rings (SSSR count). The summed E-state index contributed by atoms with van der Waals surface area (Å²) >= 11 is 0. The molecule has 0 unspecified atom stereocenters. The first-order valence-electron chi connectivity index (χ1n) is 9.05. The SMILES string of the molecule is O=C1CCC(Cc2nccc3nc(Nc4ccc(C(F)(F)F)cc4)nn23)CC1. The van der Waals surface area contributed by atoms with Gasteiger partial charge in [0.2, 0.25) is 5.95 Å². The lowest BCUT2D eigenvalue weighted by atomic mass is 9.86. The predicted octanol–water partition coefficient (Wildman–Crippen LogP) is 4.19. The van der Waals surface area contributed by atoms with Crippen LogP contribution in [0.4, 0.5) is 24.8 Å². The van der Waals surface area contributed by atoms with Crippen LogP contribution in [0.15, 0.2) is 36.5 Å². The number of carbonyl (C=O) groups is 1. The normalized spacial score (nSPS) is 15.9. The van der Waals surface area contributed by atoms with Crippen LogP contribution in [0.3, 0.4) is 0 Å². The van der Waals surface area contributed by atoms with Crippen molar-refractivity contribution in [2.45, 2.75) is 38.3 Å². The van der Waals surface area contributed by atoms with Crippen LogP contribution in [0.1, 0.15) is 37.1 Å². The second kappa shape index (κ2) is 7.21. The molecule has 2 heterocycles. The Morgan fingerprint density at radius 1 is 1.11 bits per heavy atom. The Morgan fingerprint density at radius 2 is 1.82 bits per heavy atom.